The minimum atomic E-state index is -3.12. The third-order valence-corrected chi connectivity index (χ3v) is 8.43. The number of hydrogen-bond donors (Lipinski definition) is 0. The molecule has 2 aromatic rings. The van der Waals surface area contributed by atoms with E-state index in [1.54, 1.807) is 36.4 Å². The number of benzene rings is 2. The zero-order valence-corrected chi connectivity index (χ0v) is 17.7. The summed E-state index contributed by atoms with van der Waals surface area (Å²) in [5.41, 5.74) is 1.63. The molecule has 29 heavy (non-hydrogen) atoms. The second-order valence-corrected chi connectivity index (χ2v) is 10.9. The maximum Gasteiger partial charge on any atom is 0.252 e. The highest BCUT2D eigenvalue weighted by molar-refractivity contribution is 8.15. The summed E-state index contributed by atoms with van der Waals surface area (Å²) in [6.45, 7) is 0.372. The Morgan fingerprint density at radius 1 is 1.10 bits per heavy atom. The fourth-order valence-corrected chi connectivity index (χ4v) is 7.62. The molecule has 5 nitrogen and oxygen atoms in total. The van der Waals surface area contributed by atoms with Crippen molar-refractivity contribution in [3.63, 3.8) is 0 Å². The van der Waals surface area contributed by atoms with Crippen LogP contribution in [-0.4, -0.2) is 47.2 Å². The molecule has 0 N–H and O–H groups in total. The smallest absolute Gasteiger partial charge is 0.252 e. The zero-order valence-electron chi connectivity index (χ0n) is 15.3. The highest BCUT2D eigenvalue weighted by Gasteiger charge is 2.48. The minimum absolute atomic E-state index is 0.0380. The molecule has 0 bridgehead atoms. The monoisotopic (exact) mass is 452 g/mol. The van der Waals surface area contributed by atoms with Crippen molar-refractivity contribution < 1.29 is 17.6 Å². The molecule has 2 fully saturated rings. The van der Waals surface area contributed by atoms with E-state index in [1.165, 1.54) is 23.9 Å². The lowest BCUT2D eigenvalue weighted by Gasteiger charge is -2.24. The molecule has 2 saturated heterocycles. The number of nitrogens with zero attached hydrogens (tertiary/aromatic N) is 2. The molecule has 2 heterocycles. The van der Waals surface area contributed by atoms with Crippen LogP contribution in [0.3, 0.4) is 0 Å². The Morgan fingerprint density at radius 2 is 1.76 bits per heavy atom. The molecule has 0 aliphatic carbocycles. The van der Waals surface area contributed by atoms with Gasteiger partial charge < -0.3 is 4.90 Å². The van der Waals surface area contributed by atoms with Crippen molar-refractivity contribution in [1.29, 1.82) is 0 Å². The predicted molar refractivity (Wildman–Crippen MR) is 113 cm³/mol. The highest BCUT2D eigenvalue weighted by atomic mass is 35.5. The van der Waals surface area contributed by atoms with Gasteiger partial charge in [-0.15, -0.1) is 0 Å². The van der Waals surface area contributed by atoms with Gasteiger partial charge in [0.15, 0.2) is 15.0 Å². The molecular formula is C20H18ClFN2O3S2. The Morgan fingerprint density at radius 3 is 2.45 bits per heavy atom. The van der Waals surface area contributed by atoms with Gasteiger partial charge in [-0.1, -0.05) is 47.6 Å². The van der Waals surface area contributed by atoms with Crippen LogP contribution in [0, 0.1) is 5.82 Å². The number of sulfone groups is 1. The van der Waals surface area contributed by atoms with Gasteiger partial charge in [-0.25, -0.2) is 12.8 Å². The first kappa shape index (κ1) is 20.4. The predicted octanol–water partition coefficient (Wildman–Crippen LogP) is 3.32. The van der Waals surface area contributed by atoms with E-state index in [2.05, 4.69) is 4.99 Å². The van der Waals surface area contributed by atoms with Crippen LogP contribution in [0.15, 0.2) is 53.5 Å². The van der Waals surface area contributed by atoms with Crippen LogP contribution in [0.25, 0.3) is 0 Å². The second kappa shape index (κ2) is 8.08. The lowest BCUT2D eigenvalue weighted by atomic mass is 10.1. The third-order valence-electron chi connectivity index (χ3n) is 4.93. The van der Waals surface area contributed by atoms with Crippen LogP contribution in [-0.2, 0) is 27.6 Å². The van der Waals surface area contributed by atoms with Crippen molar-refractivity contribution >= 4 is 44.3 Å². The van der Waals surface area contributed by atoms with Crippen LogP contribution < -0.4 is 0 Å². The van der Waals surface area contributed by atoms with E-state index in [4.69, 9.17) is 11.6 Å². The van der Waals surface area contributed by atoms with Gasteiger partial charge in [-0.3, -0.25) is 4.79 Å². The van der Waals surface area contributed by atoms with E-state index in [-0.39, 0.29) is 40.9 Å². The molecule has 9 heteroatoms. The molecule has 2 aromatic carbocycles. The summed E-state index contributed by atoms with van der Waals surface area (Å²) in [5, 5.41) is 0.971. The molecule has 0 radical (unpaired) electrons. The molecule has 2 atom stereocenters. The van der Waals surface area contributed by atoms with E-state index < -0.39 is 9.84 Å². The molecule has 0 unspecified atom stereocenters. The lowest BCUT2D eigenvalue weighted by Crippen LogP contribution is -2.37. The molecular weight excluding hydrogens is 435 g/mol. The first-order chi connectivity index (χ1) is 13.8. The Bertz CT molecular complexity index is 1060. The molecule has 0 spiro atoms. The Hall–Kier alpha value is -1.90. The van der Waals surface area contributed by atoms with E-state index in [0.29, 0.717) is 16.7 Å². The standard InChI is InChI=1S/C20H18ClFN2O3S2/c21-15-5-1-13(2-6-15)9-19(25)23-20-24(10-14-3-7-16(22)8-4-14)17-11-29(26,27)12-18(17)28-20/h1-8,17-18H,9-12H2/t17-,18+/m1/s1. The topological polar surface area (TPSA) is 66.8 Å². The number of carbonyl (C=O) groups is 1. The Kier molecular flexibility index (Phi) is 5.68. The first-order valence-corrected chi connectivity index (χ1v) is 12.1. The first-order valence-electron chi connectivity index (χ1n) is 9.03. The van der Waals surface area contributed by atoms with Crippen LogP contribution >= 0.6 is 23.4 Å². The van der Waals surface area contributed by atoms with E-state index in [1.807, 2.05) is 4.90 Å². The van der Waals surface area contributed by atoms with Gasteiger partial charge in [-0.2, -0.15) is 4.99 Å². The zero-order chi connectivity index (χ0) is 20.6. The molecule has 4 rings (SSSR count). The number of rotatable bonds is 4. The quantitative estimate of drug-likeness (QED) is 0.712. The summed E-state index contributed by atoms with van der Waals surface area (Å²) < 4.78 is 37.4. The van der Waals surface area contributed by atoms with Crippen molar-refractivity contribution in [2.45, 2.75) is 24.3 Å². The van der Waals surface area contributed by atoms with Gasteiger partial charge in [0.1, 0.15) is 5.82 Å². The summed E-state index contributed by atoms with van der Waals surface area (Å²) in [5.74, 6) is -0.525. The van der Waals surface area contributed by atoms with Crippen molar-refractivity contribution in [3.8, 4) is 0 Å². The molecule has 0 saturated carbocycles. The number of fused-ring (bicyclic) bond motifs is 1. The van der Waals surface area contributed by atoms with Crippen LogP contribution in [0.2, 0.25) is 5.02 Å². The summed E-state index contributed by atoms with van der Waals surface area (Å²) in [7, 11) is -3.12. The molecule has 0 aromatic heterocycles. The summed E-state index contributed by atoms with van der Waals surface area (Å²) in [4.78, 5) is 18.7. The molecule has 2 aliphatic heterocycles. The number of thioether (sulfide) groups is 1. The minimum Gasteiger partial charge on any atom is -0.342 e. The SMILES string of the molecule is O=C(Cc1ccc(Cl)cc1)N=C1S[C@H]2CS(=O)(=O)C[C@H]2N1Cc1ccc(F)cc1. The summed E-state index contributed by atoms with van der Waals surface area (Å²) in [6.07, 6.45) is 0.138. The number of aliphatic imine (C=N–C) groups is 1. The molecule has 2 aliphatic rings. The highest BCUT2D eigenvalue weighted by Crippen LogP contribution is 2.39. The number of carbonyl (C=O) groups excluding carboxylic acids is 1. The fourth-order valence-electron chi connectivity index (χ4n) is 3.53. The maximum absolute atomic E-state index is 13.2. The average Bonchev–Trinajstić information content (AvgIpc) is 3.11. The van der Waals surface area contributed by atoms with Crippen molar-refractivity contribution in [1.82, 2.24) is 4.90 Å². The molecule has 1 amide bonds. The summed E-state index contributed by atoms with van der Waals surface area (Å²) >= 11 is 7.21. The number of amides is 1. The number of hydrogen-bond acceptors (Lipinski definition) is 4. The van der Waals surface area contributed by atoms with Crippen molar-refractivity contribution in [2.75, 3.05) is 11.5 Å². The second-order valence-electron chi connectivity index (χ2n) is 7.15. The van der Waals surface area contributed by atoms with Gasteiger partial charge in [0.2, 0.25) is 0 Å². The average molecular weight is 453 g/mol. The van der Waals surface area contributed by atoms with Gasteiger partial charge in [0.25, 0.3) is 5.91 Å². The van der Waals surface area contributed by atoms with Crippen molar-refractivity contribution in [2.24, 2.45) is 4.99 Å². The Labute approximate surface area is 177 Å². The van der Waals surface area contributed by atoms with E-state index in [0.717, 1.165) is 11.1 Å². The van der Waals surface area contributed by atoms with Gasteiger partial charge >= 0.3 is 0 Å². The van der Waals surface area contributed by atoms with Crippen LogP contribution in [0.5, 0.6) is 0 Å². The third kappa shape index (κ3) is 4.82. The normalized spacial score (nSPS) is 24.1. The summed E-state index contributed by atoms with van der Waals surface area (Å²) in [6, 6.07) is 12.8. The Balaban J connectivity index is 1.56. The van der Waals surface area contributed by atoms with Gasteiger partial charge in [0.05, 0.1) is 24.0 Å². The van der Waals surface area contributed by atoms with Crippen LogP contribution in [0.1, 0.15) is 11.1 Å². The van der Waals surface area contributed by atoms with E-state index in [9.17, 15) is 17.6 Å². The van der Waals surface area contributed by atoms with E-state index >= 15 is 0 Å². The van der Waals surface area contributed by atoms with Gasteiger partial charge in [-0.05, 0) is 35.4 Å². The largest absolute Gasteiger partial charge is 0.342 e. The number of halogens is 2. The lowest BCUT2D eigenvalue weighted by molar-refractivity contribution is -0.117. The van der Waals surface area contributed by atoms with Crippen molar-refractivity contribution in [3.05, 3.63) is 70.5 Å². The van der Waals surface area contributed by atoms with Crippen LogP contribution in [0.4, 0.5) is 4.39 Å². The number of amidine groups is 1. The maximum atomic E-state index is 13.2. The fraction of sp³-hybridized carbons (Fsp3) is 0.300. The van der Waals surface area contributed by atoms with Gasteiger partial charge in [0, 0.05) is 16.8 Å². The molecule has 152 valence electrons.